The Kier molecular flexibility index (Phi) is 4.94. The number of ether oxygens (including phenoxy) is 2. The van der Waals surface area contributed by atoms with Gasteiger partial charge in [-0.2, -0.15) is 0 Å². The van der Waals surface area contributed by atoms with E-state index < -0.39 is 11.1 Å². The molecule has 2 aromatic heterocycles. The SMILES string of the molecule is CC(C)(C)OC(=O)N1CC(Oc2ncc(C(C)(C)N)c3cc(Cl)ncc23)C1. The highest BCUT2D eigenvalue weighted by atomic mass is 35.5. The van der Waals surface area contributed by atoms with Crippen LogP contribution in [0.25, 0.3) is 10.8 Å². The molecule has 0 aliphatic carbocycles. The highest BCUT2D eigenvalue weighted by Crippen LogP contribution is 2.33. The van der Waals surface area contributed by atoms with Gasteiger partial charge in [-0.05, 0) is 51.6 Å². The number of likely N-dealkylation sites (tertiary alicyclic amines) is 1. The molecular weight excluding hydrogens is 368 g/mol. The first-order valence-electron chi connectivity index (χ1n) is 8.82. The van der Waals surface area contributed by atoms with Crippen LogP contribution in [-0.4, -0.2) is 45.8 Å². The highest BCUT2D eigenvalue weighted by Gasteiger charge is 2.36. The summed E-state index contributed by atoms with van der Waals surface area (Å²) in [6.07, 6.45) is 2.85. The average Bonchev–Trinajstić information content (AvgIpc) is 2.46. The lowest BCUT2D eigenvalue weighted by Gasteiger charge is -2.39. The third kappa shape index (κ3) is 4.42. The van der Waals surface area contributed by atoms with Crippen LogP contribution in [0, 0.1) is 0 Å². The number of carbonyl (C=O) groups is 1. The van der Waals surface area contributed by atoms with Crippen LogP contribution in [0.4, 0.5) is 4.79 Å². The maximum absolute atomic E-state index is 12.0. The fourth-order valence-corrected chi connectivity index (χ4v) is 3.00. The van der Waals surface area contributed by atoms with Crippen LogP contribution in [0.1, 0.15) is 40.2 Å². The summed E-state index contributed by atoms with van der Waals surface area (Å²) in [6, 6.07) is 1.77. The van der Waals surface area contributed by atoms with Gasteiger partial charge in [-0.3, -0.25) is 0 Å². The second kappa shape index (κ2) is 6.80. The van der Waals surface area contributed by atoms with E-state index in [4.69, 9.17) is 26.8 Å². The fourth-order valence-electron chi connectivity index (χ4n) is 2.84. The minimum atomic E-state index is -0.585. The van der Waals surface area contributed by atoms with Crippen molar-refractivity contribution in [3.63, 3.8) is 0 Å². The van der Waals surface area contributed by atoms with Gasteiger partial charge >= 0.3 is 6.09 Å². The molecule has 1 aliphatic heterocycles. The summed E-state index contributed by atoms with van der Waals surface area (Å²) < 4.78 is 11.4. The fraction of sp³-hybridized carbons (Fsp3) is 0.526. The summed E-state index contributed by atoms with van der Waals surface area (Å²) in [4.78, 5) is 22.2. The van der Waals surface area contributed by atoms with E-state index in [-0.39, 0.29) is 12.2 Å². The van der Waals surface area contributed by atoms with Gasteiger partial charge in [0.2, 0.25) is 5.88 Å². The topological polar surface area (TPSA) is 90.6 Å². The molecule has 1 saturated heterocycles. The number of hydrogen-bond acceptors (Lipinski definition) is 6. The molecule has 3 rings (SSSR count). The number of fused-ring (bicyclic) bond motifs is 1. The van der Waals surface area contributed by atoms with E-state index >= 15 is 0 Å². The predicted octanol–water partition coefficient (Wildman–Crippen LogP) is 3.48. The molecule has 0 atom stereocenters. The molecule has 0 saturated carbocycles. The Hall–Kier alpha value is -2.12. The molecule has 146 valence electrons. The second-order valence-electron chi connectivity index (χ2n) is 8.38. The number of amides is 1. The molecule has 1 fully saturated rings. The van der Waals surface area contributed by atoms with E-state index in [0.29, 0.717) is 24.1 Å². The quantitative estimate of drug-likeness (QED) is 0.804. The Balaban J connectivity index is 1.77. The Morgan fingerprint density at radius 3 is 2.44 bits per heavy atom. The van der Waals surface area contributed by atoms with E-state index in [0.717, 1.165) is 16.3 Å². The summed E-state index contributed by atoms with van der Waals surface area (Å²) in [7, 11) is 0. The van der Waals surface area contributed by atoms with Gasteiger partial charge in [-0.1, -0.05) is 11.6 Å². The predicted molar refractivity (Wildman–Crippen MR) is 104 cm³/mol. The molecule has 1 aliphatic rings. The zero-order valence-corrected chi connectivity index (χ0v) is 17.0. The molecular formula is C19H25ClN4O3. The first-order valence-corrected chi connectivity index (χ1v) is 9.20. The second-order valence-corrected chi connectivity index (χ2v) is 8.76. The zero-order valence-electron chi connectivity index (χ0n) is 16.2. The van der Waals surface area contributed by atoms with Crippen molar-refractivity contribution in [2.45, 2.75) is 51.9 Å². The smallest absolute Gasteiger partial charge is 0.410 e. The number of rotatable bonds is 3. The largest absolute Gasteiger partial charge is 0.470 e. The summed E-state index contributed by atoms with van der Waals surface area (Å²) in [5, 5.41) is 1.98. The Morgan fingerprint density at radius 1 is 1.19 bits per heavy atom. The van der Waals surface area contributed by atoms with Gasteiger partial charge in [0.1, 0.15) is 16.9 Å². The molecule has 2 aromatic rings. The van der Waals surface area contributed by atoms with Gasteiger partial charge in [0.05, 0.1) is 18.5 Å². The number of aromatic nitrogens is 2. The normalized spacial score (nSPS) is 15.6. The van der Waals surface area contributed by atoms with Crippen molar-refractivity contribution in [3.8, 4) is 5.88 Å². The molecule has 0 unspecified atom stereocenters. The lowest BCUT2D eigenvalue weighted by Crippen LogP contribution is -2.57. The molecule has 0 aromatic carbocycles. The summed E-state index contributed by atoms with van der Waals surface area (Å²) in [5.74, 6) is 0.455. The third-order valence-corrected chi connectivity index (χ3v) is 4.38. The highest BCUT2D eigenvalue weighted by molar-refractivity contribution is 6.30. The first-order chi connectivity index (χ1) is 12.4. The van der Waals surface area contributed by atoms with E-state index in [2.05, 4.69) is 9.97 Å². The van der Waals surface area contributed by atoms with Crippen molar-refractivity contribution in [2.24, 2.45) is 5.73 Å². The number of carbonyl (C=O) groups excluding carboxylic acids is 1. The van der Waals surface area contributed by atoms with Crippen molar-refractivity contribution >= 4 is 28.5 Å². The first kappa shape index (κ1) is 19.6. The summed E-state index contributed by atoms with van der Waals surface area (Å²) in [6.45, 7) is 10.2. The van der Waals surface area contributed by atoms with Crippen molar-refractivity contribution in [1.82, 2.24) is 14.9 Å². The van der Waals surface area contributed by atoms with Crippen molar-refractivity contribution in [1.29, 1.82) is 0 Å². The Bertz CT molecular complexity index is 868. The van der Waals surface area contributed by atoms with Crippen molar-refractivity contribution in [2.75, 3.05) is 13.1 Å². The van der Waals surface area contributed by atoms with Crippen LogP contribution in [-0.2, 0) is 10.3 Å². The monoisotopic (exact) mass is 392 g/mol. The lowest BCUT2D eigenvalue weighted by molar-refractivity contribution is -0.0228. The van der Waals surface area contributed by atoms with E-state index in [1.165, 1.54) is 0 Å². The summed E-state index contributed by atoms with van der Waals surface area (Å²) >= 11 is 6.07. The lowest BCUT2D eigenvalue weighted by atomic mass is 9.93. The zero-order chi connectivity index (χ0) is 20.0. The van der Waals surface area contributed by atoms with Gasteiger partial charge in [0.15, 0.2) is 0 Å². The van der Waals surface area contributed by atoms with Crippen LogP contribution < -0.4 is 10.5 Å². The number of halogens is 1. The average molecular weight is 393 g/mol. The molecule has 0 bridgehead atoms. The molecule has 3 heterocycles. The molecule has 1 amide bonds. The van der Waals surface area contributed by atoms with Crippen LogP contribution in [0.15, 0.2) is 18.5 Å². The van der Waals surface area contributed by atoms with Crippen molar-refractivity contribution in [3.05, 3.63) is 29.2 Å². The third-order valence-electron chi connectivity index (χ3n) is 4.17. The maximum atomic E-state index is 12.0. The van der Waals surface area contributed by atoms with Gasteiger partial charge < -0.3 is 20.1 Å². The Labute approximate surface area is 163 Å². The molecule has 0 radical (unpaired) electrons. The molecule has 7 nitrogen and oxygen atoms in total. The van der Waals surface area contributed by atoms with Crippen LogP contribution in [0.5, 0.6) is 5.88 Å². The molecule has 27 heavy (non-hydrogen) atoms. The van der Waals surface area contributed by atoms with Gasteiger partial charge in [-0.25, -0.2) is 14.8 Å². The van der Waals surface area contributed by atoms with E-state index in [9.17, 15) is 4.79 Å². The van der Waals surface area contributed by atoms with Crippen LogP contribution in [0.2, 0.25) is 5.15 Å². The van der Waals surface area contributed by atoms with E-state index in [1.807, 2.05) is 34.6 Å². The van der Waals surface area contributed by atoms with E-state index in [1.54, 1.807) is 23.4 Å². The molecule has 2 N–H and O–H groups in total. The number of nitrogens with two attached hydrogens (primary N) is 1. The molecule has 8 heteroatoms. The van der Waals surface area contributed by atoms with Crippen LogP contribution in [0.3, 0.4) is 0 Å². The maximum Gasteiger partial charge on any atom is 0.410 e. The standard InChI is InChI=1S/C19H25ClN4O3/c1-18(2,3)27-17(25)24-9-11(10-24)26-16-13-7-22-15(20)6-12(13)14(8-23-16)19(4,5)21/h6-8,11H,9-10,21H2,1-5H3. The molecule has 0 spiro atoms. The minimum Gasteiger partial charge on any atom is -0.470 e. The van der Waals surface area contributed by atoms with Gasteiger partial charge in [-0.15, -0.1) is 0 Å². The van der Waals surface area contributed by atoms with Crippen LogP contribution >= 0.6 is 11.6 Å². The Morgan fingerprint density at radius 2 is 1.85 bits per heavy atom. The van der Waals surface area contributed by atoms with Gasteiger partial charge in [0.25, 0.3) is 0 Å². The van der Waals surface area contributed by atoms with Gasteiger partial charge in [0, 0.05) is 17.9 Å². The number of pyridine rings is 2. The number of nitrogens with zero attached hydrogens (tertiary/aromatic N) is 3. The number of hydrogen-bond donors (Lipinski definition) is 1. The minimum absolute atomic E-state index is 0.152. The van der Waals surface area contributed by atoms with Crippen molar-refractivity contribution < 1.29 is 14.3 Å². The summed E-state index contributed by atoms with van der Waals surface area (Å²) in [5.41, 5.74) is 6.02.